The Bertz CT molecular complexity index is 1030. The number of hydrogen-bond donors (Lipinski definition) is 1. The summed E-state index contributed by atoms with van der Waals surface area (Å²) in [6, 6.07) is 18.2. The highest BCUT2D eigenvalue weighted by molar-refractivity contribution is 5.79. The van der Waals surface area contributed by atoms with Gasteiger partial charge in [-0.25, -0.2) is 0 Å². The summed E-state index contributed by atoms with van der Waals surface area (Å²) in [5.74, 6) is 0.301. The summed E-state index contributed by atoms with van der Waals surface area (Å²) in [7, 11) is 0. The lowest BCUT2D eigenvalue weighted by molar-refractivity contribution is 0.309. The minimum absolute atomic E-state index is 0.301. The van der Waals surface area contributed by atoms with Gasteiger partial charge in [0.05, 0.1) is 17.9 Å². The Hall–Kier alpha value is -3.21. The third kappa shape index (κ3) is 3.03. The summed E-state index contributed by atoms with van der Waals surface area (Å²) in [4.78, 5) is 4.96. The van der Waals surface area contributed by atoms with Crippen LogP contribution in [-0.2, 0) is 6.54 Å². The molecule has 0 amide bonds. The van der Waals surface area contributed by atoms with Crippen LogP contribution in [0.5, 0.6) is 5.75 Å². The molecule has 0 atom stereocenters. The van der Waals surface area contributed by atoms with Crippen molar-refractivity contribution in [3.05, 3.63) is 71.7 Å². The maximum absolute atomic E-state index is 9.59. The average Bonchev–Trinajstić information content (AvgIpc) is 3.26. The summed E-state index contributed by atoms with van der Waals surface area (Å²) in [6.07, 6.45) is 2.28. The van der Waals surface area contributed by atoms with Crippen molar-refractivity contribution in [2.45, 2.75) is 13.5 Å². The fourth-order valence-corrected chi connectivity index (χ4v) is 4.24. The number of phenols is 1. The number of piperazine rings is 1. The van der Waals surface area contributed by atoms with Crippen LogP contribution in [0.2, 0.25) is 0 Å². The van der Waals surface area contributed by atoms with Gasteiger partial charge in [0.2, 0.25) is 0 Å². The maximum atomic E-state index is 9.59. The summed E-state index contributed by atoms with van der Waals surface area (Å²) in [6.45, 7) is 6.94. The summed E-state index contributed by atoms with van der Waals surface area (Å²) >= 11 is 0. The van der Waals surface area contributed by atoms with Crippen molar-refractivity contribution in [1.29, 1.82) is 0 Å². The van der Waals surface area contributed by atoms with E-state index in [0.717, 1.165) is 44.0 Å². The molecule has 0 radical (unpaired) electrons. The van der Waals surface area contributed by atoms with E-state index in [1.807, 2.05) is 19.1 Å². The Morgan fingerprint density at radius 2 is 1.61 bits per heavy atom. The van der Waals surface area contributed by atoms with Crippen LogP contribution in [0.15, 0.2) is 60.3 Å². The Labute approximate surface area is 165 Å². The lowest BCUT2D eigenvalue weighted by atomic mass is 10.0. The Balaban J connectivity index is 1.32. The molecule has 142 valence electrons. The molecule has 3 heterocycles. The summed E-state index contributed by atoms with van der Waals surface area (Å²) in [5.41, 5.74) is 7.28. The van der Waals surface area contributed by atoms with Crippen LogP contribution >= 0.6 is 0 Å². The molecule has 5 rings (SSSR count). The van der Waals surface area contributed by atoms with Crippen LogP contribution in [0.3, 0.4) is 0 Å². The van der Waals surface area contributed by atoms with Crippen molar-refractivity contribution in [1.82, 2.24) is 14.7 Å². The van der Waals surface area contributed by atoms with Gasteiger partial charge in [-0.2, -0.15) is 5.10 Å². The van der Waals surface area contributed by atoms with Crippen LogP contribution in [-0.4, -0.2) is 46.0 Å². The first kappa shape index (κ1) is 16.9. The standard InChI is InChI=1S/C23H24N4O/c1-17-14-19-15-20(16-27(19)24-17)25-10-12-26(13-11-25)23-5-3-2-4-22(23)18-6-8-21(28)9-7-18/h2-9,14-15,28H,10-13,16H2,1H3. The van der Waals surface area contributed by atoms with E-state index >= 15 is 0 Å². The predicted octanol–water partition coefficient (Wildman–Crippen LogP) is 3.74. The number of phenolic OH excluding ortho intramolecular Hbond substituents is 1. The van der Waals surface area contributed by atoms with E-state index in [-0.39, 0.29) is 0 Å². The third-order valence-corrected chi connectivity index (χ3v) is 5.67. The van der Waals surface area contributed by atoms with Crippen LogP contribution in [0.4, 0.5) is 5.69 Å². The molecule has 0 saturated carbocycles. The summed E-state index contributed by atoms with van der Waals surface area (Å²) < 4.78 is 2.09. The number of rotatable bonds is 3. The van der Waals surface area contributed by atoms with Gasteiger partial charge in [-0.3, -0.25) is 4.68 Å². The number of aryl methyl sites for hydroxylation is 1. The molecule has 1 N–H and O–H groups in total. The largest absolute Gasteiger partial charge is 0.508 e. The number of anilines is 1. The highest BCUT2D eigenvalue weighted by atomic mass is 16.3. The van der Waals surface area contributed by atoms with Gasteiger partial charge < -0.3 is 14.9 Å². The van der Waals surface area contributed by atoms with Crippen molar-refractivity contribution in [2.75, 3.05) is 31.1 Å². The molecule has 0 unspecified atom stereocenters. The second-order valence-corrected chi connectivity index (χ2v) is 7.54. The minimum Gasteiger partial charge on any atom is -0.508 e. The maximum Gasteiger partial charge on any atom is 0.115 e. The molecule has 3 aromatic rings. The van der Waals surface area contributed by atoms with Crippen molar-refractivity contribution < 1.29 is 5.11 Å². The molecule has 1 saturated heterocycles. The fraction of sp³-hybridized carbons (Fsp3) is 0.261. The van der Waals surface area contributed by atoms with Crippen molar-refractivity contribution in [3.63, 3.8) is 0 Å². The van der Waals surface area contributed by atoms with Gasteiger partial charge >= 0.3 is 0 Å². The van der Waals surface area contributed by atoms with Crippen LogP contribution < -0.4 is 4.90 Å². The smallest absolute Gasteiger partial charge is 0.115 e. The van der Waals surface area contributed by atoms with Gasteiger partial charge in [0.15, 0.2) is 0 Å². The zero-order valence-corrected chi connectivity index (χ0v) is 16.0. The van der Waals surface area contributed by atoms with Gasteiger partial charge in [0.1, 0.15) is 5.75 Å². The molecular weight excluding hydrogens is 348 g/mol. The number of aromatic hydroxyl groups is 1. The number of benzene rings is 2. The second-order valence-electron chi connectivity index (χ2n) is 7.54. The molecule has 5 nitrogen and oxygen atoms in total. The lowest BCUT2D eigenvalue weighted by Gasteiger charge is -2.38. The molecule has 5 heteroatoms. The highest BCUT2D eigenvalue weighted by Crippen LogP contribution is 2.33. The van der Waals surface area contributed by atoms with E-state index in [9.17, 15) is 5.11 Å². The molecule has 0 aliphatic carbocycles. The summed E-state index contributed by atoms with van der Waals surface area (Å²) in [5, 5.41) is 14.2. The molecule has 28 heavy (non-hydrogen) atoms. The molecule has 1 fully saturated rings. The zero-order valence-electron chi connectivity index (χ0n) is 16.0. The molecule has 2 aliphatic heterocycles. The normalized spacial score (nSPS) is 16.2. The average molecular weight is 372 g/mol. The quantitative estimate of drug-likeness (QED) is 0.761. The van der Waals surface area contributed by atoms with E-state index in [1.165, 1.54) is 22.6 Å². The van der Waals surface area contributed by atoms with E-state index in [2.05, 4.69) is 56.0 Å². The topological polar surface area (TPSA) is 44.5 Å². The van der Waals surface area contributed by atoms with Crippen LogP contribution in [0.25, 0.3) is 17.2 Å². The second kappa shape index (κ2) is 6.75. The Morgan fingerprint density at radius 3 is 2.36 bits per heavy atom. The third-order valence-electron chi connectivity index (χ3n) is 5.67. The van der Waals surface area contributed by atoms with Crippen molar-refractivity contribution in [3.8, 4) is 16.9 Å². The van der Waals surface area contributed by atoms with Gasteiger partial charge in [0.25, 0.3) is 0 Å². The number of aromatic nitrogens is 2. The van der Waals surface area contributed by atoms with Gasteiger partial charge in [-0.05, 0) is 42.8 Å². The first-order chi connectivity index (χ1) is 13.7. The van der Waals surface area contributed by atoms with Gasteiger partial charge in [0, 0.05) is 43.1 Å². The Kier molecular flexibility index (Phi) is 4.08. The number of nitrogens with zero attached hydrogens (tertiary/aromatic N) is 4. The van der Waals surface area contributed by atoms with E-state index in [4.69, 9.17) is 0 Å². The van der Waals surface area contributed by atoms with E-state index in [0.29, 0.717) is 5.75 Å². The lowest BCUT2D eigenvalue weighted by Crippen LogP contribution is -2.46. The van der Waals surface area contributed by atoms with Crippen molar-refractivity contribution >= 4 is 11.8 Å². The molecular formula is C23H24N4O. The molecule has 1 aromatic heterocycles. The number of fused-ring (bicyclic) bond motifs is 1. The molecule has 0 bridgehead atoms. The minimum atomic E-state index is 0.301. The number of allylic oxidation sites excluding steroid dienone is 1. The molecule has 2 aliphatic rings. The SMILES string of the molecule is Cc1cc2n(n1)CC(N1CCN(c3ccccc3-c3ccc(O)cc3)CC1)=C2. The number of para-hydroxylation sites is 1. The van der Waals surface area contributed by atoms with Crippen LogP contribution in [0.1, 0.15) is 11.4 Å². The van der Waals surface area contributed by atoms with Crippen LogP contribution in [0, 0.1) is 6.92 Å². The van der Waals surface area contributed by atoms with E-state index in [1.54, 1.807) is 12.1 Å². The first-order valence-electron chi connectivity index (χ1n) is 9.81. The van der Waals surface area contributed by atoms with Gasteiger partial charge in [-0.15, -0.1) is 0 Å². The Morgan fingerprint density at radius 1 is 0.893 bits per heavy atom. The predicted molar refractivity (Wildman–Crippen MR) is 112 cm³/mol. The fourth-order valence-electron chi connectivity index (χ4n) is 4.24. The van der Waals surface area contributed by atoms with Gasteiger partial charge in [-0.1, -0.05) is 30.3 Å². The zero-order chi connectivity index (χ0) is 19.1. The first-order valence-corrected chi connectivity index (χ1v) is 9.81. The van der Waals surface area contributed by atoms with E-state index < -0.39 is 0 Å². The van der Waals surface area contributed by atoms with Crippen molar-refractivity contribution in [2.24, 2.45) is 0 Å². The number of hydrogen-bond acceptors (Lipinski definition) is 4. The monoisotopic (exact) mass is 372 g/mol. The molecule has 0 spiro atoms. The highest BCUT2D eigenvalue weighted by Gasteiger charge is 2.24. The molecule has 2 aromatic carbocycles.